The van der Waals surface area contributed by atoms with Crippen molar-refractivity contribution in [3.05, 3.63) is 123 Å². The first-order valence-corrected chi connectivity index (χ1v) is 11.6. The van der Waals surface area contributed by atoms with E-state index < -0.39 is 34.2 Å². The zero-order chi connectivity index (χ0) is 28.3. The zero-order valence-electron chi connectivity index (χ0n) is 19.8. The summed E-state index contributed by atoms with van der Waals surface area (Å²) in [4.78, 5) is 24.4. The average Bonchev–Trinajstić information content (AvgIpc) is 2.92. The number of amides is 1. The summed E-state index contributed by atoms with van der Waals surface area (Å²) in [6.07, 6.45) is -4.85. The van der Waals surface area contributed by atoms with Gasteiger partial charge < -0.3 is 10.4 Å². The van der Waals surface area contributed by atoms with Gasteiger partial charge in [0.15, 0.2) is 0 Å². The number of rotatable bonds is 6. The molecule has 10 heteroatoms. The van der Waals surface area contributed by atoms with Gasteiger partial charge >= 0.3 is 12.1 Å². The van der Waals surface area contributed by atoms with E-state index in [1.807, 2.05) is 6.07 Å². The van der Waals surface area contributed by atoms with Gasteiger partial charge in [0, 0.05) is 11.1 Å². The van der Waals surface area contributed by atoms with Crippen molar-refractivity contribution in [2.45, 2.75) is 6.18 Å². The number of carboxylic acids is 1. The summed E-state index contributed by atoms with van der Waals surface area (Å²) in [6.45, 7) is 0. The van der Waals surface area contributed by atoms with Gasteiger partial charge in [-0.15, -0.1) is 0 Å². The Bertz CT molecular complexity index is 1660. The SMILES string of the molecule is N#Cc1cccc(-c2ccc(C(=N)c3ccc(C(=O)O)cc3)c(NC(=O)c3c(Cl)cccc3C(F)(F)F)c2)c1. The Balaban J connectivity index is 1.83. The normalized spacial score (nSPS) is 10.9. The molecule has 0 fully saturated rings. The number of halogens is 4. The molecule has 6 nitrogen and oxygen atoms in total. The maximum absolute atomic E-state index is 13.7. The van der Waals surface area contributed by atoms with Crippen LogP contribution in [0.5, 0.6) is 0 Å². The van der Waals surface area contributed by atoms with Crippen molar-refractivity contribution >= 4 is 34.9 Å². The molecular formula is C29H17ClF3N3O3. The number of hydrogen-bond donors (Lipinski definition) is 3. The second-order valence-electron chi connectivity index (χ2n) is 8.32. The fourth-order valence-electron chi connectivity index (χ4n) is 3.92. The summed E-state index contributed by atoms with van der Waals surface area (Å²) in [6, 6.07) is 21.7. The minimum absolute atomic E-state index is 0.00574. The van der Waals surface area contributed by atoms with Gasteiger partial charge in [-0.25, -0.2) is 4.79 Å². The molecule has 0 aliphatic rings. The number of aromatic carboxylic acids is 1. The Hall–Kier alpha value is -4.94. The van der Waals surface area contributed by atoms with Gasteiger partial charge in [-0.1, -0.05) is 54.1 Å². The van der Waals surface area contributed by atoms with Crippen molar-refractivity contribution in [3.8, 4) is 17.2 Å². The average molecular weight is 548 g/mol. The molecule has 0 radical (unpaired) electrons. The zero-order valence-corrected chi connectivity index (χ0v) is 20.6. The van der Waals surface area contributed by atoms with Crippen molar-refractivity contribution in [1.29, 1.82) is 10.7 Å². The fourth-order valence-corrected chi connectivity index (χ4v) is 4.18. The van der Waals surface area contributed by atoms with Gasteiger partial charge in [0.05, 0.1) is 44.7 Å². The van der Waals surface area contributed by atoms with Crippen LogP contribution in [0.25, 0.3) is 11.1 Å². The monoisotopic (exact) mass is 547 g/mol. The predicted octanol–water partition coefficient (Wildman–Crippen LogP) is 7.26. The van der Waals surface area contributed by atoms with Crippen molar-refractivity contribution < 1.29 is 27.9 Å². The van der Waals surface area contributed by atoms with E-state index in [4.69, 9.17) is 22.1 Å². The molecule has 4 rings (SSSR count). The van der Waals surface area contributed by atoms with E-state index in [-0.39, 0.29) is 22.5 Å². The highest BCUT2D eigenvalue weighted by atomic mass is 35.5. The molecule has 194 valence electrons. The number of alkyl halides is 3. The van der Waals surface area contributed by atoms with Crippen LogP contribution in [0, 0.1) is 16.7 Å². The lowest BCUT2D eigenvalue weighted by atomic mass is 9.95. The molecular weight excluding hydrogens is 531 g/mol. The number of hydrogen-bond acceptors (Lipinski definition) is 4. The Labute approximate surface area is 225 Å². The van der Waals surface area contributed by atoms with Crippen LogP contribution in [0.15, 0.2) is 84.9 Å². The fraction of sp³-hybridized carbons (Fsp3) is 0.0345. The molecule has 0 heterocycles. The van der Waals surface area contributed by atoms with Crippen LogP contribution in [-0.2, 0) is 6.18 Å². The number of carbonyl (C=O) groups excluding carboxylic acids is 1. The number of nitrogens with one attached hydrogen (secondary N) is 2. The van der Waals surface area contributed by atoms with Crippen LogP contribution in [-0.4, -0.2) is 22.7 Å². The maximum Gasteiger partial charge on any atom is 0.417 e. The van der Waals surface area contributed by atoms with Crippen molar-refractivity contribution in [3.63, 3.8) is 0 Å². The van der Waals surface area contributed by atoms with Gasteiger partial charge in [-0.3, -0.25) is 10.2 Å². The topological polar surface area (TPSA) is 114 Å². The molecule has 0 spiro atoms. The first-order valence-electron chi connectivity index (χ1n) is 11.2. The number of anilines is 1. The van der Waals surface area contributed by atoms with E-state index in [2.05, 4.69) is 5.32 Å². The third kappa shape index (κ3) is 5.81. The quantitative estimate of drug-likeness (QED) is 0.220. The standard InChI is InChI=1S/C29H17ClF3N3O3/c30-23-6-2-5-22(29(31,32)33)25(23)27(37)36-24-14-20(19-4-1-3-16(13-19)15-34)11-12-21(24)26(35)17-7-9-18(10-8-17)28(38)39/h1-14,35H,(H,36,37)(H,38,39). The summed E-state index contributed by atoms with van der Waals surface area (Å²) >= 11 is 6.01. The predicted molar refractivity (Wildman–Crippen MR) is 140 cm³/mol. The largest absolute Gasteiger partial charge is 0.478 e. The third-order valence-electron chi connectivity index (χ3n) is 5.83. The Morgan fingerprint density at radius 3 is 2.18 bits per heavy atom. The van der Waals surface area contributed by atoms with Gasteiger partial charge in [0.25, 0.3) is 5.91 Å². The highest BCUT2D eigenvalue weighted by Crippen LogP contribution is 2.36. The Morgan fingerprint density at radius 1 is 0.897 bits per heavy atom. The van der Waals surface area contributed by atoms with Gasteiger partial charge in [-0.05, 0) is 53.6 Å². The molecule has 3 N–H and O–H groups in total. The number of nitrogens with zero attached hydrogens (tertiary/aromatic N) is 1. The van der Waals surface area contributed by atoms with Crippen LogP contribution in [0.4, 0.5) is 18.9 Å². The highest BCUT2D eigenvalue weighted by molar-refractivity contribution is 6.35. The molecule has 1 amide bonds. The maximum atomic E-state index is 13.7. The molecule has 0 bridgehead atoms. The second kappa shape index (κ2) is 10.8. The van der Waals surface area contributed by atoms with E-state index in [1.165, 1.54) is 42.5 Å². The van der Waals surface area contributed by atoms with Crippen LogP contribution >= 0.6 is 11.6 Å². The first kappa shape index (κ1) is 27.1. The van der Waals surface area contributed by atoms with E-state index in [0.29, 0.717) is 22.3 Å². The Kier molecular flexibility index (Phi) is 7.51. The first-order chi connectivity index (χ1) is 18.5. The van der Waals surface area contributed by atoms with E-state index in [9.17, 15) is 28.0 Å². The molecule has 0 aromatic heterocycles. The summed E-state index contributed by atoms with van der Waals surface area (Å²) in [5, 5.41) is 29.2. The van der Waals surface area contributed by atoms with Gasteiger partial charge in [0.1, 0.15) is 0 Å². The molecule has 4 aromatic rings. The lowest BCUT2D eigenvalue weighted by molar-refractivity contribution is -0.137. The van der Waals surface area contributed by atoms with Crippen LogP contribution in [0.2, 0.25) is 5.02 Å². The number of carboxylic acid groups (broad SMARTS) is 1. The van der Waals surface area contributed by atoms with Crippen LogP contribution < -0.4 is 5.32 Å². The molecule has 0 saturated heterocycles. The van der Waals surface area contributed by atoms with Crippen molar-refractivity contribution in [1.82, 2.24) is 0 Å². The number of carbonyl (C=O) groups is 2. The highest BCUT2D eigenvalue weighted by Gasteiger charge is 2.36. The third-order valence-corrected chi connectivity index (χ3v) is 6.14. The molecule has 4 aromatic carbocycles. The second-order valence-corrected chi connectivity index (χ2v) is 8.73. The summed E-state index contributed by atoms with van der Waals surface area (Å²) < 4.78 is 41.0. The molecule has 0 unspecified atom stereocenters. The lowest BCUT2D eigenvalue weighted by Gasteiger charge is -2.17. The minimum atomic E-state index is -4.85. The lowest BCUT2D eigenvalue weighted by Crippen LogP contribution is -2.20. The smallest absolute Gasteiger partial charge is 0.417 e. The van der Waals surface area contributed by atoms with E-state index in [1.54, 1.807) is 30.3 Å². The number of nitriles is 1. The molecule has 39 heavy (non-hydrogen) atoms. The van der Waals surface area contributed by atoms with Gasteiger partial charge in [0.2, 0.25) is 0 Å². The molecule has 0 saturated carbocycles. The van der Waals surface area contributed by atoms with Gasteiger partial charge in [-0.2, -0.15) is 18.4 Å². The summed E-state index contributed by atoms with van der Waals surface area (Å²) in [5.74, 6) is -2.28. The summed E-state index contributed by atoms with van der Waals surface area (Å²) in [7, 11) is 0. The molecule has 0 aliphatic heterocycles. The van der Waals surface area contributed by atoms with E-state index in [0.717, 1.165) is 12.1 Å². The van der Waals surface area contributed by atoms with E-state index >= 15 is 0 Å². The van der Waals surface area contributed by atoms with Crippen LogP contribution in [0.3, 0.4) is 0 Å². The van der Waals surface area contributed by atoms with Crippen molar-refractivity contribution in [2.24, 2.45) is 0 Å². The molecule has 0 aliphatic carbocycles. The molecule has 0 atom stereocenters. The van der Waals surface area contributed by atoms with Crippen LogP contribution in [0.1, 0.15) is 43.0 Å². The summed E-state index contributed by atoms with van der Waals surface area (Å²) in [5.41, 5.74) is -0.119. The van der Waals surface area contributed by atoms with Crippen molar-refractivity contribution in [2.75, 3.05) is 5.32 Å². The minimum Gasteiger partial charge on any atom is -0.478 e. The Morgan fingerprint density at radius 2 is 1.54 bits per heavy atom. The number of benzene rings is 4.